The number of benzene rings is 1. The van der Waals surface area contributed by atoms with Crippen LogP contribution in [0.4, 0.5) is 0 Å². The Morgan fingerprint density at radius 3 is 2.09 bits per heavy atom. The van der Waals surface area contributed by atoms with Crippen LogP contribution in [0, 0.1) is 12.3 Å². The molecule has 1 rings (SSSR count). The summed E-state index contributed by atoms with van der Waals surface area (Å²) in [6.45, 7) is 0. The maximum absolute atomic E-state index is 5.72. The van der Waals surface area contributed by atoms with Crippen molar-refractivity contribution in [3.05, 3.63) is 32.8 Å². The summed E-state index contributed by atoms with van der Waals surface area (Å²) in [6.07, 6.45) is 5.13. The summed E-state index contributed by atoms with van der Waals surface area (Å²) in [7, 11) is 0. The molecule has 1 aromatic rings. The monoisotopic (exact) mass is 204 g/mol. The van der Waals surface area contributed by atoms with Gasteiger partial charge in [-0.25, -0.2) is 0 Å². The first-order valence-electron chi connectivity index (χ1n) is 2.76. The SMILES string of the molecule is C#Cc1cc(Cl)c(Cl)cc1Cl. The van der Waals surface area contributed by atoms with E-state index in [0.29, 0.717) is 20.6 Å². The lowest BCUT2D eigenvalue weighted by Gasteiger charge is -1.98. The van der Waals surface area contributed by atoms with Gasteiger partial charge in [0, 0.05) is 5.56 Å². The van der Waals surface area contributed by atoms with Crippen LogP contribution in [0.2, 0.25) is 15.1 Å². The number of terminal acetylenes is 1. The van der Waals surface area contributed by atoms with Crippen molar-refractivity contribution in [2.45, 2.75) is 0 Å². The summed E-state index contributed by atoms with van der Waals surface area (Å²) < 4.78 is 0. The van der Waals surface area contributed by atoms with E-state index in [4.69, 9.17) is 41.2 Å². The first-order chi connectivity index (χ1) is 5.15. The van der Waals surface area contributed by atoms with Crippen LogP contribution < -0.4 is 0 Å². The minimum absolute atomic E-state index is 0.413. The second kappa shape index (κ2) is 3.36. The lowest BCUT2D eigenvalue weighted by atomic mass is 10.2. The highest BCUT2D eigenvalue weighted by atomic mass is 35.5. The van der Waals surface area contributed by atoms with Gasteiger partial charge in [-0.3, -0.25) is 0 Å². The van der Waals surface area contributed by atoms with E-state index < -0.39 is 0 Å². The van der Waals surface area contributed by atoms with Crippen LogP contribution >= 0.6 is 34.8 Å². The fourth-order valence-corrected chi connectivity index (χ4v) is 1.23. The number of rotatable bonds is 0. The molecule has 0 aromatic heterocycles. The fraction of sp³-hybridized carbons (Fsp3) is 0. The molecule has 0 saturated heterocycles. The summed E-state index contributed by atoms with van der Waals surface area (Å²) in [5, 5.41) is 1.28. The van der Waals surface area contributed by atoms with Crippen molar-refractivity contribution in [1.82, 2.24) is 0 Å². The topological polar surface area (TPSA) is 0 Å². The highest BCUT2D eigenvalue weighted by Crippen LogP contribution is 2.28. The summed E-state index contributed by atoms with van der Waals surface area (Å²) in [4.78, 5) is 0. The van der Waals surface area contributed by atoms with E-state index in [-0.39, 0.29) is 0 Å². The number of halogens is 3. The molecule has 0 saturated carbocycles. The lowest BCUT2D eigenvalue weighted by molar-refractivity contribution is 1.64. The molecule has 56 valence electrons. The zero-order valence-electron chi connectivity index (χ0n) is 5.37. The largest absolute Gasteiger partial charge is 0.115 e. The van der Waals surface area contributed by atoms with E-state index in [9.17, 15) is 0 Å². The zero-order chi connectivity index (χ0) is 8.43. The van der Waals surface area contributed by atoms with Crippen LogP contribution in [0.1, 0.15) is 5.56 Å². The molecule has 11 heavy (non-hydrogen) atoms. The molecule has 0 spiro atoms. The van der Waals surface area contributed by atoms with Gasteiger partial charge in [-0.05, 0) is 12.1 Å². The normalized spacial score (nSPS) is 9.27. The van der Waals surface area contributed by atoms with Crippen molar-refractivity contribution in [1.29, 1.82) is 0 Å². The predicted molar refractivity (Wildman–Crippen MR) is 49.4 cm³/mol. The standard InChI is InChI=1S/C8H3Cl3/c1-2-5-3-7(10)8(11)4-6(5)9/h1,3-4H. The molecule has 0 aliphatic rings. The van der Waals surface area contributed by atoms with Crippen molar-refractivity contribution in [3.63, 3.8) is 0 Å². The third kappa shape index (κ3) is 1.81. The number of hydrogen-bond acceptors (Lipinski definition) is 0. The van der Waals surface area contributed by atoms with Crippen LogP contribution in [0.3, 0.4) is 0 Å². The van der Waals surface area contributed by atoms with Crippen molar-refractivity contribution in [3.8, 4) is 12.3 Å². The summed E-state index contributed by atoms with van der Waals surface area (Å²) >= 11 is 17.1. The summed E-state index contributed by atoms with van der Waals surface area (Å²) in [5.74, 6) is 2.39. The van der Waals surface area contributed by atoms with Gasteiger partial charge in [0.1, 0.15) is 0 Å². The van der Waals surface area contributed by atoms with Gasteiger partial charge < -0.3 is 0 Å². The summed E-state index contributed by atoms with van der Waals surface area (Å²) in [6, 6.07) is 3.09. The Labute approximate surface area is 80.1 Å². The van der Waals surface area contributed by atoms with Crippen LogP contribution in [-0.2, 0) is 0 Å². The molecule has 0 fully saturated rings. The van der Waals surface area contributed by atoms with Gasteiger partial charge in [-0.15, -0.1) is 6.42 Å². The van der Waals surface area contributed by atoms with E-state index in [0.717, 1.165) is 0 Å². The molecule has 0 radical (unpaired) electrons. The zero-order valence-corrected chi connectivity index (χ0v) is 7.63. The maximum Gasteiger partial charge on any atom is 0.0608 e. The molecule has 0 N–H and O–H groups in total. The molecule has 0 aliphatic carbocycles. The molecule has 1 aromatic carbocycles. The molecule has 0 bridgehead atoms. The minimum Gasteiger partial charge on any atom is -0.115 e. The molecule has 0 unspecified atom stereocenters. The Balaban J connectivity index is 3.35. The van der Waals surface area contributed by atoms with Gasteiger partial charge in [0.2, 0.25) is 0 Å². The molecule has 0 amide bonds. The Kier molecular flexibility index (Phi) is 2.67. The highest BCUT2D eigenvalue weighted by Gasteiger charge is 2.02. The quantitative estimate of drug-likeness (QED) is 0.448. The molecular formula is C8H3Cl3. The van der Waals surface area contributed by atoms with Crippen molar-refractivity contribution < 1.29 is 0 Å². The van der Waals surface area contributed by atoms with Crippen LogP contribution in [0.25, 0.3) is 0 Å². The van der Waals surface area contributed by atoms with Crippen molar-refractivity contribution >= 4 is 34.8 Å². The van der Waals surface area contributed by atoms with Crippen molar-refractivity contribution in [2.75, 3.05) is 0 Å². The van der Waals surface area contributed by atoms with Gasteiger partial charge in [-0.2, -0.15) is 0 Å². The lowest BCUT2D eigenvalue weighted by Crippen LogP contribution is -1.77. The predicted octanol–water partition coefficient (Wildman–Crippen LogP) is 3.63. The number of hydrogen-bond donors (Lipinski definition) is 0. The third-order valence-electron chi connectivity index (χ3n) is 1.17. The van der Waals surface area contributed by atoms with E-state index in [1.165, 1.54) is 6.07 Å². The molecule has 0 nitrogen and oxygen atoms in total. The average Bonchev–Trinajstić information content (AvgIpc) is 1.97. The molecule has 3 heteroatoms. The first kappa shape index (κ1) is 8.74. The second-order valence-electron chi connectivity index (χ2n) is 1.89. The first-order valence-corrected chi connectivity index (χ1v) is 3.89. The maximum atomic E-state index is 5.72. The Morgan fingerprint density at radius 2 is 1.55 bits per heavy atom. The minimum atomic E-state index is 0.413. The Hall–Kier alpha value is -0.350. The molecule has 0 atom stereocenters. The van der Waals surface area contributed by atoms with E-state index in [1.807, 2.05) is 0 Å². The van der Waals surface area contributed by atoms with Crippen LogP contribution in [0.15, 0.2) is 12.1 Å². The molecular weight excluding hydrogens is 202 g/mol. The van der Waals surface area contributed by atoms with Crippen molar-refractivity contribution in [2.24, 2.45) is 0 Å². The van der Waals surface area contributed by atoms with Gasteiger partial charge in [0.25, 0.3) is 0 Å². The van der Waals surface area contributed by atoms with Gasteiger partial charge in [-0.1, -0.05) is 40.7 Å². The Bertz CT molecular complexity index is 323. The van der Waals surface area contributed by atoms with Crippen LogP contribution in [0.5, 0.6) is 0 Å². The molecule has 0 aliphatic heterocycles. The van der Waals surface area contributed by atoms with E-state index >= 15 is 0 Å². The Morgan fingerprint density at radius 1 is 1.00 bits per heavy atom. The van der Waals surface area contributed by atoms with Gasteiger partial charge >= 0.3 is 0 Å². The smallest absolute Gasteiger partial charge is 0.0608 e. The fourth-order valence-electron chi connectivity index (χ4n) is 0.633. The highest BCUT2D eigenvalue weighted by molar-refractivity contribution is 6.43. The third-order valence-corrected chi connectivity index (χ3v) is 2.20. The molecule has 0 heterocycles. The van der Waals surface area contributed by atoms with E-state index in [1.54, 1.807) is 6.07 Å². The van der Waals surface area contributed by atoms with E-state index in [2.05, 4.69) is 5.92 Å². The van der Waals surface area contributed by atoms with Gasteiger partial charge in [0.15, 0.2) is 0 Å². The average molecular weight is 205 g/mol. The summed E-state index contributed by atoms with van der Waals surface area (Å²) in [5.41, 5.74) is 0.557. The van der Waals surface area contributed by atoms with Crippen LogP contribution in [-0.4, -0.2) is 0 Å². The van der Waals surface area contributed by atoms with Gasteiger partial charge in [0.05, 0.1) is 15.1 Å². The second-order valence-corrected chi connectivity index (χ2v) is 3.11.